The van der Waals surface area contributed by atoms with E-state index in [-0.39, 0.29) is 11.9 Å². The Morgan fingerprint density at radius 1 is 0.677 bits per heavy atom. The number of carbonyl (C=O) groups excluding carboxylic acids is 1. The monoisotopic (exact) mass is 412 g/mol. The SMILES string of the molecule is CC(C)c1cccc(C(C)C)c1N1CN(C(c2ccccc2)c2ccccc2)CC1=O. The Bertz CT molecular complexity index is 962. The number of para-hydroxylation sites is 1. The van der Waals surface area contributed by atoms with E-state index < -0.39 is 0 Å². The third-order valence-corrected chi connectivity index (χ3v) is 6.17. The van der Waals surface area contributed by atoms with E-state index in [2.05, 4.69) is 99.3 Å². The summed E-state index contributed by atoms with van der Waals surface area (Å²) in [4.78, 5) is 17.7. The van der Waals surface area contributed by atoms with Crippen LogP contribution in [-0.4, -0.2) is 24.0 Å². The van der Waals surface area contributed by atoms with Gasteiger partial charge in [-0.2, -0.15) is 0 Å². The summed E-state index contributed by atoms with van der Waals surface area (Å²) >= 11 is 0. The highest BCUT2D eigenvalue weighted by molar-refractivity contribution is 5.98. The molecule has 4 rings (SSSR count). The molecule has 31 heavy (non-hydrogen) atoms. The van der Waals surface area contributed by atoms with Crippen LogP contribution in [0.1, 0.15) is 67.8 Å². The smallest absolute Gasteiger partial charge is 0.242 e. The molecule has 0 saturated carbocycles. The Hall–Kier alpha value is -2.91. The van der Waals surface area contributed by atoms with Crippen molar-refractivity contribution in [1.29, 1.82) is 0 Å². The van der Waals surface area contributed by atoms with Crippen LogP contribution in [-0.2, 0) is 4.79 Å². The highest BCUT2D eigenvalue weighted by Crippen LogP contribution is 2.39. The molecule has 3 heteroatoms. The molecule has 0 bridgehead atoms. The highest BCUT2D eigenvalue weighted by atomic mass is 16.2. The Labute approximate surface area is 186 Å². The maximum atomic E-state index is 13.4. The van der Waals surface area contributed by atoms with Gasteiger partial charge >= 0.3 is 0 Å². The first-order valence-electron chi connectivity index (χ1n) is 11.2. The molecule has 160 valence electrons. The predicted octanol–water partition coefficient (Wildman–Crippen LogP) is 6.33. The van der Waals surface area contributed by atoms with Crippen LogP contribution in [0, 0.1) is 0 Å². The third-order valence-electron chi connectivity index (χ3n) is 6.17. The number of rotatable bonds is 6. The number of hydrogen-bond donors (Lipinski definition) is 0. The molecule has 3 nitrogen and oxygen atoms in total. The number of amides is 1. The molecular formula is C28H32N2O. The Kier molecular flexibility index (Phi) is 6.24. The summed E-state index contributed by atoms with van der Waals surface area (Å²) in [7, 11) is 0. The van der Waals surface area contributed by atoms with E-state index in [0.29, 0.717) is 25.0 Å². The molecule has 1 aliphatic heterocycles. The van der Waals surface area contributed by atoms with Gasteiger partial charge in [0.1, 0.15) is 0 Å². The number of nitrogens with zero attached hydrogens (tertiary/aromatic N) is 2. The number of carbonyl (C=O) groups is 1. The van der Waals surface area contributed by atoms with Gasteiger partial charge in [0.2, 0.25) is 5.91 Å². The lowest BCUT2D eigenvalue weighted by Gasteiger charge is -2.30. The standard InChI is InChI=1S/C28H32N2O/c1-20(2)24-16-11-17-25(21(3)4)28(24)30-19-29(18-26(30)31)27(22-12-7-5-8-13-22)23-14-9-6-10-15-23/h5-17,20-21,27H,18-19H2,1-4H3. The Morgan fingerprint density at radius 3 is 1.61 bits per heavy atom. The average Bonchev–Trinajstić information content (AvgIpc) is 3.15. The number of benzene rings is 3. The molecule has 3 aromatic carbocycles. The highest BCUT2D eigenvalue weighted by Gasteiger charge is 2.36. The fraction of sp³-hybridized carbons (Fsp3) is 0.321. The Morgan fingerprint density at radius 2 is 1.16 bits per heavy atom. The number of hydrogen-bond acceptors (Lipinski definition) is 2. The van der Waals surface area contributed by atoms with Crippen LogP contribution in [0.3, 0.4) is 0 Å². The maximum absolute atomic E-state index is 13.4. The van der Waals surface area contributed by atoms with Gasteiger partial charge in [-0.25, -0.2) is 0 Å². The molecule has 1 fully saturated rings. The zero-order valence-corrected chi connectivity index (χ0v) is 19.0. The number of anilines is 1. The molecule has 0 spiro atoms. The topological polar surface area (TPSA) is 23.6 Å². The largest absolute Gasteiger partial charge is 0.297 e. The quantitative estimate of drug-likeness (QED) is 0.472. The molecule has 0 unspecified atom stereocenters. The van der Waals surface area contributed by atoms with Crippen molar-refractivity contribution in [3.05, 3.63) is 101 Å². The molecule has 0 atom stereocenters. The van der Waals surface area contributed by atoms with Crippen LogP contribution in [0.2, 0.25) is 0 Å². The van der Waals surface area contributed by atoms with E-state index in [1.807, 2.05) is 17.0 Å². The maximum Gasteiger partial charge on any atom is 0.242 e. The van der Waals surface area contributed by atoms with Crippen molar-refractivity contribution >= 4 is 11.6 Å². The summed E-state index contributed by atoms with van der Waals surface area (Å²) in [5.74, 6) is 0.885. The molecule has 1 saturated heterocycles. The van der Waals surface area contributed by atoms with Gasteiger partial charge in [-0.15, -0.1) is 0 Å². The van der Waals surface area contributed by atoms with E-state index in [9.17, 15) is 4.79 Å². The van der Waals surface area contributed by atoms with Crippen LogP contribution in [0.4, 0.5) is 5.69 Å². The van der Waals surface area contributed by atoms with Gasteiger partial charge < -0.3 is 0 Å². The van der Waals surface area contributed by atoms with Gasteiger partial charge in [-0.1, -0.05) is 107 Å². The van der Waals surface area contributed by atoms with Crippen LogP contribution < -0.4 is 4.90 Å². The summed E-state index contributed by atoms with van der Waals surface area (Å²) in [5.41, 5.74) is 6.03. The second-order valence-corrected chi connectivity index (χ2v) is 9.03. The molecule has 1 amide bonds. The van der Waals surface area contributed by atoms with Crippen molar-refractivity contribution in [3.8, 4) is 0 Å². The molecule has 0 aliphatic carbocycles. The first kappa shape index (κ1) is 21.3. The normalized spacial score (nSPS) is 14.9. The predicted molar refractivity (Wildman–Crippen MR) is 128 cm³/mol. The molecular weight excluding hydrogens is 380 g/mol. The summed E-state index contributed by atoms with van der Waals surface area (Å²) < 4.78 is 0. The molecule has 3 aromatic rings. The van der Waals surface area contributed by atoms with Gasteiger partial charge in [-0.05, 0) is 34.1 Å². The minimum atomic E-state index is 0.0464. The summed E-state index contributed by atoms with van der Waals surface area (Å²) in [5, 5.41) is 0. The van der Waals surface area contributed by atoms with Crippen molar-refractivity contribution in [3.63, 3.8) is 0 Å². The van der Waals surface area contributed by atoms with Crippen LogP contribution >= 0.6 is 0 Å². The molecule has 1 aliphatic rings. The molecule has 0 aromatic heterocycles. The van der Waals surface area contributed by atoms with E-state index in [4.69, 9.17) is 0 Å². The van der Waals surface area contributed by atoms with Crippen molar-refractivity contribution in [1.82, 2.24) is 4.90 Å². The zero-order valence-electron chi connectivity index (χ0n) is 19.0. The van der Waals surface area contributed by atoms with Gasteiger partial charge in [0, 0.05) is 0 Å². The zero-order chi connectivity index (χ0) is 22.0. The van der Waals surface area contributed by atoms with Crippen LogP contribution in [0.15, 0.2) is 78.9 Å². The lowest BCUT2D eigenvalue weighted by atomic mass is 9.92. The van der Waals surface area contributed by atoms with Crippen molar-refractivity contribution < 1.29 is 4.79 Å². The van der Waals surface area contributed by atoms with E-state index >= 15 is 0 Å². The van der Waals surface area contributed by atoms with Crippen LogP contribution in [0.25, 0.3) is 0 Å². The van der Waals surface area contributed by atoms with Gasteiger partial charge in [0.25, 0.3) is 0 Å². The minimum absolute atomic E-state index is 0.0464. The van der Waals surface area contributed by atoms with Crippen molar-refractivity contribution in [2.24, 2.45) is 0 Å². The van der Waals surface area contributed by atoms with Crippen molar-refractivity contribution in [2.75, 3.05) is 18.1 Å². The molecule has 0 N–H and O–H groups in total. The molecule has 0 radical (unpaired) electrons. The first-order valence-corrected chi connectivity index (χ1v) is 11.2. The van der Waals surface area contributed by atoms with Gasteiger partial charge in [-0.3, -0.25) is 14.6 Å². The fourth-order valence-corrected chi connectivity index (χ4v) is 4.65. The summed E-state index contributed by atoms with van der Waals surface area (Å²) in [6.07, 6.45) is 0. The van der Waals surface area contributed by atoms with Gasteiger partial charge in [0.15, 0.2) is 0 Å². The van der Waals surface area contributed by atoms with Crippen LogP contribution in [0.5, 0.6) is 0 Å². The van der Waals surface area contributed by atoms with E-state index in [1.165, 1.54) is 22.3 Å². The van der Waals surface area contributed by atoms with E-state index in [1.54, 1.807) is 0 Å². The first-order chi connectivity index (χ1) is 15.0. The van der Waals surface area contributed by atoms with Crippen molar-refractivity contribution in [2.45, 2.75) is 45.6 Å². The van der Waals surface area contributed by atoms with Gasteiger partial charge in [0.05, 0.1) is 24.9 Å². The second-order valence-electron chi connectivity index (χ2n) is 9.03. The third kappa shape index (κ3) is 4.28. The summed E-state index contributed by atoms with van der Waals surface area (Å²) in [6, 6.07) is 27.5. The molecule has 1 heterocycles. The van der Waals surface area contributed by atoms with E-state index in [0.717, 1.165) is 5.69 Å². The second kappa shape index (κ2) is 9.07. The Balaban J connectivity index is 1.76. The minimum Gasteiger partial charge on any atom is -0.297 e. The lowest BCUT2D eigenvalue weighted by molar-refractivity contribution is -0.116. The summed E-state index contributed by atoms with van der Waals surface area (Å²) in [6.45, 7) is 9.83. The fourth-order valence-electron chi connectivity index (χ4n) is 4.65. The average molecular weight is 413 g/mol. The lowest BCUT2D eigenvalue weighted by Crippen LogP contribution is -2.31.